The van der Waals surface area contributed by atoms with Crippen LogP contribution in [0.15, 0.2) is 42.5 Å². The zero-order valence-corrected chi connectivity index (χ0v) is 17.2. The average Bonchev–Trinajstić information content (AvgIpc) is 3.21. The topological polar surface area (TPSA) is 75.3 Å². The standard InChI is InChI=1S/C22H16ClFN2O3S/c23-14-5-2-6-15-17(14)25-22(30-15)26-18(11-7-9-13(24)10-8-11)16(20(28)21(26)29)19(27)12-3-1-4-12/h2,5-10,12,28-29H,1,3-4H2. The molecule has 0 saturated heterocycles. The molecule has 152 valence electrons. The molecule has 1 aliphatic carbocycles. The summed E-state index contributed by atoms with van der Waals surface area (Å²) < 4.78 is 15.7. The van der Waals surface area contributed by atoms with Crippen LogP contribution in [0.1, 0.15) is 29.6 Å². The average molecular weight is 443 g/mol. The molecule has 2 aromatic heterocycles. The van der Waals surface area contributed by atoms with Gasteiger partial charge in [-0.05, 0) is 54.8 Å². The normalized spacial score (nSPS) is 14.2. The van der Waals surface area contributed by atoms with Crippen LogP contribution < -0.4 is 0 Å². The minimum absolute atomic E-state index is 0.0363. The van der Waals surface area contributed by atoms with Crippen LogP contribution in [0.2, 0.25) is 5.02 Å². The van der Waals surface area contributed by atoms with Crippen LogP contribution in [0, 0.1) is 11.7 Å². The van der Waals surface area contributed by atoms with E-state index >= 15 is 0 Å². The Morgan fingerprint density at radius 1 is 1.17 bits per heavy atom. The van der Waals surface area contributed by atoms with E-state index in [1.165, 1.54) is 40.2 Å². The zero-order chi connectivity index (χ0) is 21.0. The molecule has 5 rings (SSSR count). The molecule has 1 aliphatic rings. The Hall–Kier alpha value is -2.90. The van der Waals surface area contributed by atoms with Crippen LogP contribution in [-0.4, -0.2) is 25.5 Å². The first-order valence-electron chi connectivity index (χ1n) is 9.48. The van der Waals surface area contributed by atoms with Crippen LogP contribution in [0.4, 0.5) is 4.39 Å². The molecule has 4 aromatic rings. The summed E-state index contributed by atoms with van der Waals surface area (Å²) >= 11 is 7.52. The summed E-state index contributed by atoms with van der Waals surface area (Å²) in [6.07, 6.45) is 2.43. The summed E-state index contributed by atoms with van der Waals surface area (Å²) in [7, 11) is 0. The minimum Gasteiger partial charge on any atom is -0.503 e. The fourth-order valence-corrected chi connectivity index (χ4v) is 5.00. The number of carbonyl (C=O) groups excluding carboxylic acids is 1. The number of carbonyl (C=O) groups is 1. The van der Waals surface area contributed by atoms with Gasteiger partial charge in [0.2, 0.25) is 5.88 Å². The van der Waals surface area contributed by atoms with E-state index in [1.807, 2.05) is 6.07 Å². The second-order valence-corrected chi connectivity index (χ2v) is 8.73. The van der Waals surface area contributed by atoms with Crippen molar-refractivity contribution in [2.45, 2.75) is 19.3 Å². The van der Waals surface area contributed by atoms with E-state index in [0.717, 1.165) is 24.0 Å². The van der Waals surface area contributed by atoms with Gasteiger partial charge < -0.3 is 10.2 Å². The molecule has 0 amide bonds. The first kappa shape index (κ1) is 19.1. The molecule has 0 aliphatic heterocycles. The van der Waals surface area contributed by atoms with E-state index in [4.69, 9.17) is 11.6 Å². The van der Waals surface area contributed by atoms with Crippen LogP contribution in [0.3, 0.4) is 0 Å². The van der Waals surface area contributed by atoms with Gasteiger partial charge in [-0.2, -0.15) is 0 Å². The summed E-state index contributed by atoms with van der Waals surface area (Å²) in [4.78, 5) is 17.7. The number of aromatic nitrogens is 2. The maximum atomic E-state index is 13.5. The summed E-state index contributed by atoms with van der Waals surface area (Å²) in [6.45, 7) is 0. The fourth-order valence-electron chi connectivity index (χ4n) is 3.72. The molecule has 2 heterocycles. The van der Waals surface area contributed by atoms with Crippen molar-refractivity contribution >= 4 is 38.9 Å². The Morgan fingerprint density at radius 3 is 2.53 bits per heavy atom. The SMILES string of the molecule is O=C(c1c(O)c(O)n(-c2nc3c(Cl)cccc3s2)c1-c1ccc(F)cc1)C1CCC1. The monoisotopic (exact) mass is 442 g/mol. The third-order valence-corrected chi connectivity index (χ3v) is 6.82. The smallest absolute Gasteiger partial charge is 0.242 e. The molecule has 0 atom stereocenters. The number of aromatic hydroxyl groups is 2. The third kappa shape index (κ3) is 2.88. The molecule has 0 unspecified atom stereocenters. The van der Waals surface area contributed by atoms with Gasteiger partial charge in [0.15, 0.2) is 16.7 Å². The van der Waals surface area contributed by atoms with Crippen LogP contribution >= 0.6 is 22.9 Å². The van der Waals surface area contributed by atoms with E-state index in [-0.39, 0.29) is 23.0 Å². The Bertz CT molecular complexity index is 1290. The molecule has 0 radical (unpaired) electrons. The Kier molecular flexibility index (Phi) is 4.52. The van der Waals surface area contributed by atoms with Gasteiger partial charge in [-0.15, -0.1) is 0 Å². The van der Waals surface area contributed by atoms with Gasteiger partial charge in [0.1, 0.15) is 11.3 Å². The molecule has 1 fully saturated rings. The molecule has 1 saturated carbocycles. The number of nitrogens with zero attached hydrogens (tertiary/aromatic N) is 2. The first-order chi connectivity index (χ1) is 14.5. The van der Waals surface area contributed by atoms with Gasteiger partial charge in [-0.25, -0.2) is 9.37 Å². The number of fused-ring (bicyclic) bond motifs is 1. The number of halogens is 2. The second kappa shape index (κ2) is 7.11. The highest BCUT2D eigenvalue weighted by Crippen LogP contribution is 2.47. The van der Waals surface area contributed by atoms with Crippen molar-refractivity contribution in [2.75, 3.05) is 0 Å². The van der Waals surface area contributed by atoms with Crippen molar-refractivity contribution in [2.24, 2.45) is 5.92 Å². The molecule has 0 spiro atoms. The number of benzene rings is 2. The number of hydrogen-bond acceptors (Lipinski definition) is 5. The predicted molar refractivity (Wildman–Crippen MR) is 114 cm³/mol. The lowest BCUT2D eigenvalue weighted by Gasteiger charge is -2.24. The minimum atomic E-state index is -0.489. The van der Waals surface area contributed by atoms with Gasteiger partial charge in [0.25, 0.3) is 0 Å². The van der Waals surface area contributed by atoms with Gasteiger partial charge in [-0.3, -0.25) is 9.36 Å². The fraction of sp³-hybridized carbons (Fsp3) is 0.182. The highest BCUT2D eigenvalue weighted by molar-refractivity contribution is 7.21. The summed E-state index contributed by atoms with van der Waals surface area (Å²) in [5.41, 5.74) is 1.37. The zero-order valence-electron chi connectivity index (χ0n) is 15.6. The number of ketones is 1. The van der Waals surface area contributed by atoms with Crippen LogP contribution in [0.25, 0.3) is 26.6 Å². The van der Waals surface area contributed by atoms with Crippen LogP contribution in [-0.2, 0) is 0 Å². The largest absolute Gasteiger partial charge is 0.503 e. The maximum Gasteiger partial charge on any atom is 0.242 e. The van der Waals surface area contributed by atoms with Crippen molar-refractivity contribution in [3.05, 3.63) is 58.9 Å². The maximum absolute atomic E-state index is 13.5. The molecule has 8 heteroatoms. The number of hydrogen-bond donors (Lipinski definition) is 2. The molecule has 2 N–H and O–H groups in total. The van der Waals surface area contributed by atoms with Crippen molar-refractivity contribution in [1.82, 2.24) is 9.55 Å². The summed E-state index contributed by atoms with van der Waals surface area (Å²) in [5.74, 6) is -1.82. The molecule has 5 nitrogen and oxygen atoms in total. The van der Waals surface area contributed by atoms with Gasteiger partial charge in [0.05, 0.1) is 21.0 Å². The second-order valence-electron chi connectivity index (χ2n) is 7.31. The lowest BCUT2D eigenvalue weighted by molar-refractivity contribution is 0.0853. The highest BCUT2D eigenvalue weighted by Gasteiger charge is 2.35. The molecular weight excluding hydrogens is 427 g/mol. The molecule has 30 heavy (non-hydrogen) atoms. The third-order valence-electron chi connectivity index (χ3n) is 5.51. The van der Waals surface area contributed by atoms with Gasteiger partial charge in [0, 0.05) is 5.92 Å². The lowest BCUT2D eigenvalue weighted by Crippen LogP contribution is -2.22. The number of Topliss-reactive ketones (excluding diaryl/α,β-unsaturated/α-hetero) is 1. The van der Waals surface area contributed by atoms with Gasteiger partial charge >= 0.3 is 0 Å². The van der Waals surface area contributed by atoms with Crippen molar-refractivity contribution in [3.63, 3.8) is 0 Å². The molecule has 2 aromatic carbocycles. The first-order valence-corrected chi connectivity index (χ1v) is 10.7. The predicted octanol–water partition coefficient (Wildman–Crippen LogP) is 5.94. The number of rotatable bonds is 4. The lowest BCUT2D eigenvalue weighted by atomic mass is 9.79. The van der Waals surface area contributed by atoms with Crippen molar-refractivity contribution in [1.29, 1.82) is 0 Å². The number of para-hydroxylation sites is 1. The Labute approximate surface area is 180 Å². The molecule has 0 bridgehead atoms. The van der Waals surface area contributed by atoms with Crippen LogP contribution in [0.5, 0.6) is 11.6 Å². The van der Waals surface area contributed by atoms with Crippen molar-refractivity contribution < 1.29 is 19.4 Å². The van der Waals surface area contributed by atoms with E-state index in [0.29, 0.717) is 21.2 Å². The highest BCUT2D eigenvalue weighted by atomic mass is 35.5. The number of thiazole rings is 1. The Balaban J connectivity index is 1.80. The quantitative estimate of drug-likeness (QED) is 0.383. The van der Waals surface area contributed by atoms with E-state index in [2.05, 4.69) is 4.98 Å². The Morgan fingerprint density at radius 2 is 1.90 bits per heavy atom. The molecular formula is C22H16ClFN2O3S. The van der Waals surface area contributed by atoms with Crippen molar-refractivity contribution in [3.8, 4) is 28.0 Å². The summed E-state index contributed by atoms with van der Waals surface area (Å²) in [5, 5.41) is 22.3. The van der Waals surface area contributed by atoms with E-state index in [1.54, 1.807) is 12.1 Å². The van der Waals surface area contributed by atoms with Gasteiger partial charge in [-0.1, -0.05) is 35.4 Å². The van der Waals surface area contributed by atoms with E-state index in [9.17, 15) is 19.4 Å². The van der Waals surface area contributed by atoms with E-state index < -0.39 is 17.4 Å². The summed E-state index contributed by atoms with van der Waals surface area (Å²) in [6, 6.07) is 10.9.